The molecule has 6 nitrogen and oxygen atoms in total. The van der Waals surface area contributed by atoms with Crippen LogP contribution >= 0.6 is 0 Å². The van der Waals surface area contributed by atoms with Crippen molar-refractivity contribution < 1.29 is 24.1 Å². The first-order valence-corrected chi connectivity index (χ1v) is 9.49. The second-order valence-electron chi connectivity index (χ2n) is 6.39. The number of nitrogens with zero attached hydrogens (tertiary/aromatic N) is 1. The van der Waals surface area contributed by atoms with E-state index in [9.17, 15) is 4.79 Å². The molecular formula is C24H23NO5. The molecular weight excluding hydrogens is 382 g/mol. The fraction of sp³-hybridized carbons (Fsp3) is 0.167. The number of rotatable bonds is 9. The average Bonchev–Trinajstić information content (AvgIpc) is 2.77. The van der Waals surface area contributed by atoms with Crippen molar-refractivity contribution in [3.8, 4) is 17.2 Å². The van der Waals surface area contributed by atoms with Gasteiger partial charge in [-0.2, -0.15) is 0 Å². The van der Waals surface area contributed by atoms with Crippen molar-refractivity contribution in [1.82, 2.24) is 0 Å². The largest absolute Gasteiger partial charge is 0.494 e. The summed E-state index contributed by atoms with van der Waals surface area (Å²) >= 11 is 0. The quantitative estimate of drug-likeness (QED) is 0.500. The summed E-state index contributed by atoms with van der Waals surface area (Å²) in [6, 6.07) is 19.7. The highest BCUT2D eigenvalue weighted by atomic mass is 16.5. The summed E-state index contributed by atoms with van der Waals surface area (Å²) in [5, 5.41) is 9.10. The Morgan fingerprint density at radius 2 is 1.83 bits per heavy atom. The SMILES string of the molecule is CCOc1cccc(N=Cc2ccc(OCc3cccc(C(=O)O)c3)c(OC)c2)c1. The summed E-state index contributed by atoms with van der Waals surface area (Å²) in [5.74, 6) is 0.940. The van der Waals surface area contributed by atoms with Crippen LogP contribution in [-0.2, 0) is 6.61 Å². The van der Waals surface area contributed by atoms with Crippen LogP contribution in [0.15, 0.2) is 71.7 Å². The van der Waals surface area contributed by atoms with Gasteiger partial charge in [-0.25, -0.2) is 4.79 Å². The van der Waals surface area contributed by atoms with E-state index < -0.39 is 5.97 Å². The zero-order valence-electron chi connectivity index (χ0n) is 16.9. The molecule has 0 atom stereocenters. The molecule has 0 amide bonds. The molecule has 0 bridgehead atoms. The molecule has 0 unspecified atom stereocenters. The number of ether oxygens (including phenoxy) is 3. The van der Waals surface area contributed by atoms with Gasteiger partial charge in [-0.1, -0.05) is 18.2 Å². The van der Waals surface area contributed by atoms with Crippen LogP contribution in [0, 0.1) is 0 Å². The van der Waals surface area contributed by atoms with Crippen molar-refractivity contribution in [2.45, 2.75) is 13.5 Å². The van der Waals surface area contributed by atoms with Gasteiger partial charge in [-0.05, 0) is 60.5 Å². The van der Waals surface area contributed by atoms with Crippen molar-refractivity contribution in [1.29, 1.82) is 0 Å². The van der Waals surface area contributed by atoms with Gasteiger partial charge in [0.2, 0.25) is 0 Å². The zero-order chi connectivity index (χ0) is 21.3. The highest BCUT2D eigenvalue weighted by Crippen LogP contribution is 2.29. The molecule has 154 valence electrons. The molecule has 0 heterocycles. The van der Waals surface area contributed by atoms with Gasteiger partial charge in [-0.3, -0.25) is 4.99 Å². The minimum atomic E-state index is -0.968. The topological polar surface area (TPSA) is 77.4 Å². The summed E-state index contributed by atoms with van der Waals surface area (Å²) in [7, 11) is 1.57. The number of hydrogen-bond donors (Lipinski definition) is 1. The number of carbonyl (C=O) groups is 1. The van der Waals surface area contributed by atoms with E-state index in [1.807, 2.05) is 49.4 Å². The molecule has 0 aliphatic carbocycles. The average molecular weight is 405 g/mol. The third-order valence-electron chi connectivity index (χ3n) is 4.25. The number of carboxylic acid groups (broad SMARTS) is 1. The standard InChI is InChI=1S/C24H23NO5/c1-3-29-21-9-5-8-20(14-21)25-15-17-10-11-22(23(13-17)28-2)30-16-18-6-4-7-19(12-18)24(26)27/h4-15H,3,16H2,1-2H3,(H,26,27). The van der Waals surface area contributed by atoms with E-state index in [4.69, 9.17) is 19.3 Å². The maximum Gasteiger partial charge on any atom is 0.335 e. The van der Waals surface area contributed by atoms with Crippen LogP contribution in [0.4, 0.5) is 5.69 Å². The molecule has 0 aliphatic rings. The molecule has 0 spiro atoms. The van der Waals surface area contributed by atoms with Crippen LogP contribution in [-0.4, -0.2) is 31.0 Å². The molecule has 3 rings (SSSR count). The molecule has 6 heteroatoms. The summed E-state index contributed by atoms with van der Waals surface area (Å²) < 4.78 is 16.8. The first-order valence-electron chi connectivity index (χ1n) is 9.49. The van der Waals surface area contributed by atoms with E-state index in [0.29, 0.717) is 18.1 Å². The minimum Gasteiger partial charge on any atom is -0.494 e. The molecule has 3 aromatic carbocycles. The van der Waals surface area contributed by atoms with E-state index in [1.54, 1.807) is 37.6 Å². The fourth-order valence-corrected chi connectivity index (χ4v) is 2.81. The van der Waals surface area contributed by atoms with Gasteiger partial charge in [0, 0.05) is 12.3 Å². The summed E-state index contributed by atoms with van der Waals surface area (Å²) in [6.07, 6.45) is 1.74. The summed E-state index contributed by atoms with van der Waals surface area (Å²) in [5.41, 5.74) is 2.63. The fourth-order valence-electron chi connectivity index (χ4n) is 2.81. The van der Waals surface area contributed by atoms with E-state index in [2.05, 4.69) is 4.99 Å². The Morgan fingerprint density at radius 3 is 2.60 bits per heavy atom. The molecule has 30 heavy (non-hydrogen) atoms. The second kappa shape index (κ2) is 10.1. The first-order chi connectivity index (χ1) is 14.6. The normalized spacial score (nSPS) is 10.7. The van der Waals surface area contributed by atoms with Gasteiger partial charge in [-0.15, -0.1) is 0 Å². The first kappa shape index (κ1) is 20.9. The van der Waals surface area contributed by atoms with Gasteiger partial charge in [0.25, 0.3) is 0 Å². The Morgan fingerprint density at radius 1 is 1.00 bits per heavy atom. The lowest BCUT2D eigenvalue weighted by Gasteiger charge is -2.11. The van der Waals surface area contributed by atoms with Crippen molar-refractivity contribution in [3.05, 3.63) is 83.4 Å². The maximum atomic E-state index is 11.1. The third kappa shape index (κ3) is 5.61. The lowest BCUT2D eigenvalue weighted by molar-refractivity contribution is 0.0696. The van der Waals surface area contributed by atoms with Gasteiger partial charge < -0.3 is 19.3 Å². The lowest BCUT2D eigenvalue weighted by atomic mass is 10.1. The Hall–Kier alpha value is -3.80. The van der Waals surface area contributed by atoms with E-state index in [-0.39, 0.29) is 12.2 Å². The smallest absolute Gasteiger partial charge is 0.335 e. The number of methoxy groups -OCH3 is 1. The highest BCUT2D eigenvalue weighted by Gasteiger charge is 2.08. The predicted octanol–water partition coefficient (Wildman–Crippen LogP) is 5.12. The molecule has 0 saturated heterocycles. The van der Waals surface area contributed by atoms with Crippen LogP contribution in [0.1, 0.15) is 28.4 Å². The number of benzene rings is 3. The van der Waals surface area contributed by atoms with Crippen LogP contribution < -0.4 is 14.2 Å². The highest BCUT2D eigenvalue weighted by molar-refractivity contribution is 5.87. The van der Waals surface area contributed by atoms with E-state index in [0.717, 1.165) is 22.6 Å². The molecule has 0 aliphatic heterocycles. The summed E-state index contributed by atoms with van der Waals surface area (Å²) in [4.78, 5) is 15.6. The Bertz CT molecular complexity index is 1050. The lowest BCUT2D eigenvalue weighted by Crippen LogP contribution is -2.01. The second-order valence-corrected chi connectivity index (χ2v) is 6.39. The Balaban J connectivity index is 1.71. The van der Waals surface area contributed by atoms with Crippen LogP contribution in [0.3, 0.4) is 0 Å². The Kier molecular flexibility index (Phi) is 7.05. The van der Waals surface area contributed by atoms with Crippen molar-refractivity contribution in [2.75, 3.05) is 13.7 Å². The van der Waals surface area contributed by atoms with Gasteiger partial charge in [0.1, 0.15) is 12.4 Å². The van der Waals surface area contributed by atoms with Gasteiger partial charge in [0.15, 0.2) is 11.5 Å². The molecule has 0 fully saturated rings. The predicted molar refractivity (Wildman–Crippen MR) is 116 cm³/mol. The molecule has 0 radical (unpaired) electrons. The van der Waals surface area contributed by atoms with Gasteiger partial charge >= 0.3 is 5.97 Å². The summed E-state index contributed by atoms with van der Waals surface area (Å²) in [6.45, 7) is 2.77. The monoisotopic (exact) mass is 405 g/mol. The number of carboxylic acids is 1. The van der Waals surface area contributed by atoms with Crippen molar-refractivity contribution in [2.24, 2.45) is 4.99 Å². The third-order valence-corrected chi connectivity index (χ3v) is 4.25. The van der Waals surface area contributed by atoms with Crippen molar-refractivity contribution in [3.63, 3.8) is 0 Å². The number of hydrogen-bond acceptors (Lipinski definition) is 5. The van der Waals surface area contributed by atoms with Crippen LogP contribution in [0.5, 0.6) is 17.2 Å². The van der Waals surface area contributed by atoms with Crippen molar-refractivity contribution >= 4 is 17.9 Å². The minimum absolute atomic E-state index is 0.225. The molecule has 0 saturated carbocycles. The maximum absolute atomic E-state index is 11.1. The number of aromatic carboxylic acids is 1. The van der Waals surface area contributed by atoms with E-state index >= 15 is 0 Å². The zero-order valence-corrected chi connectivity index (χ0v) is 16.9. The van der Waals surface area contributed by atoms with Gasteiger partial charge in [0.05, 0.1) is 25.0 Å². The van der Waals surface area contributed by atoms with Crippen LogP contribution in [0.25, 0.3) is 0 Å². The molecule has 3 aromatic rings. The Labute approximate surface area is 175 Å². The number of aliphatic imine (C=N–C) groups is 1. The molecule has 0 aromatic heterocycles. The molecule has 1 N–H and O–H groups in total. The van der Waals surface area contributed by atoms with E-state index in [1.165, 1.54) is 0 Å². The van der Waals surface area contributed by atoms with Crippen LogP contribution in [0.2, 0.25) is 0 Å².